The zero-order valence-corrected chi connectivity index (χ0v) is 11.5. The minimum atomic E-state index is 0.240. The van der Waals surface area contributed by atoms with Gasteiger partial charge < -0.3 is 4.74 Å². The Labute approximate surface area is 115 Å². The van der Waals surface area contributed by atoms with Crippen molar-refractivity contribution in [3.8, 4) is 5.75 Å². The van der Waals surface area contributed by atoms with Gasteiger partial charge in [0.05, 0.1) is 0 Å². The molecule has 19 heavy (non-hydrogen) atoms. The smallest absolute Gasteiger partial charge is 0.127 e. The van der Waals surface area contributed by atoms with Gasteiger partial charge in [-0.3, -0.25) is 4.90 Å². The van der Waals surface area contributed by atoms with E-state index in [4.69, 9.17) is 4.74 Å². The second-order valence-corrected chi connectivity index (χ2v) is 5.41. The molecular weight excluding hydrogens is 234 g/mol. The molecule has 1 saturated heterocycles. The third-order valence-corrected chi connectivity index (χ3v) is 3.79. The number of fused-ring (bicyclic) bond motifs is 1. The van der Waals surface area contributed by atoms with E-state index in [-0.39, 0.29) is 6.10 Å². The highest BCUT2D eigenvalue weighted by Gasteiger charge is 2.16. The standard InChI is InChI=1S/C17H21NO/c1-14(13-18-11-4-5-12-18)19-17-10-6-8-15-7-2-3-9-16(15)17/h2-3,6-10,14H,4-5,11-13H2,1H3/t14-/m1/s1. The average Bonchev–Trinajstić information content (AvgIpc) is 2.92. The molecule has 2 aromatic rings. The molecule has 0 bridgehead atoms. The van der Waals surface area contributed by atoms with Crippen molar-refractivity contribution in [3.05, 3.63) is 42.5 Å². The van der Waals surface area contributed by atoms with E-state index in [1.54, 1.807) is 0 Å². The van der Waals surface area contributed by atoms with Crippen molar-refractivity contribution in [2.24, 2.45) is 0 Å². The van der Waals surface area contributed by atoms with Crippen LogP contribution in [0.1, 0.15) is 19.8 Å². The molecule has 0 radical (unpaired) electrons. The van der Waals surface area contributed by atoms with Gasteiger partial charge in [0, 0.05) is 11.9 Å². The van der Waals surface area contributed by atoms with E-state index in [2.05, 4.69) is 54.3 Å². The number of hydrogen-bond donors (Lipinski definition) is 0. The predicted octanol–water partition coefficient (Wildman–Crippen LogP) is 3.70. The van der Waals surface area contributed by atoms with Crippen LogP contribution >= 0.6 is 0 Å². The fourth-order valence-electron chi connectivity index (χ4n) is 2.88. The van der Waals surface area contributed by atoms with Crippen molar-refractivity contribution in [1.29, 1.82) is 0 Å². The van der Waals surface area contributed by atoms with Crippen LogP contribution in [0.3, 0.4) is 0 Å². The van der Waals surface area contributed by atoms with Crippen LogP contribution in [0.2, 0.25) is 0 Å². The minimum Gasteiger partial charge on any atom is -0.489 e. The first-order chi connectivity index (χ1) is 9.33. The second-order valence-electron chi connectivity index (χ2n) is 5.41. The van der Waals surface area contributed by atoms with Gasteiger partial charge in [-0.25, -0.2) is 0 Å². The predicted molar refractivity (Wildman–Crippen MR) is 79.7 cm³/mol. The van der Waals surface area contributed by atoms with Gasteiger partial charge in [0.25, 0.3) is 0 Å². The Morgan fingerprint density at radius 3 is 2.63 bits per heavy atom. The SMILES string of the molecule is C[C@H](CN1CCCC1)Oc1cccc2ccccc12. The zero-order chi connectivity index (χ0) is 13.1. The maximum atomic E-state index is 6.15. The number of nitrogens with zero attached hydrogens (tertiary/aromatic N) is 1. The van der Waals surface area contributed by atoms with Crippen LogP contribution in [0, 0.1) is 0 Å². The van der Waals surface area contributed by atoms with Crippen LogP contribution < -0.4 is 4.74 Å². The van der Waals surface area contributed by atoms with Crippen LogP contribution in [0.25, 0.3) is 10.8 Å². The summed E-state index contributed by atoms with van der Waals surface area (Å²) in [6, 6.07) is 14.7. The average molecular weight is 255 g/mol. The van der Waals surface area contributed by atoms with Crippen LogP contribution in [0.4, 0.5) is 0 Å². The molecule has 1 aliphatic rings. The van der Waals surface area contributed by atoms with Gasteiger partial charge in [-0.2, -0.15) is 0 Å². The summed E-state index contributed by atoms with van der Waals surface area (Å²) in [5.74, 6) is 1.00. The van der Waals surface area contributed by atoms with Crippen molar-refractivity contribution in [2.45, 2.75) is 25.9 Å². The topological polar surface area (TPSA) is 12.5 Å². The maximum absolute atomic E-state index is 6.15. The summed E-state index contributed by atoms with van der Waals surface area (Å²) in [5, 5.41) is 2.45. The molecule has 100 valence electrons. The highest BCUT2D eigenvalue weighted by molar-refractivity contribution is 5.88. The molecule has 0 aliphatic carbocycles. The molecule has 0 N–H and O–H groups in total. The minimum absolute atomic E-state index is 0.240. The maximum Gasteiger partial charge on any atom is 0.127 e. The van der Waals surface area contributed by atoms with Crippen LogP contribution in [-0.4, -0.2) is 30.6 Å². The van der Waals surface area contributed by atoms with E-state index < -0.39 is 0 Å². The Bertz CT molecular complexity index is 540. The Balaban J connectivity index is 1.73. The summed E-state index contributed by atoms with van der Waals surface area (Å²) < 4.78 is 6.15. The molecule has 1 aliphatic heterocycles. The highest BCUT2D eigenvalue weighted by Crippen LogP contribution is 2.26. The first kappa shape index (κ1) is 12.5. The summed E-state index contributed by atoms with van der Waals surface area (Å²) in [6.45, 7) is 5.65. The Hall–Kier alpha value is -1.54. The Morgan fingerprint density at radius 1 is 1.05 bits per heavy atom. The lowest BCUT2D eigenvalue weighted by molar-refractivity contribution is 0.164. The van der Waals surface area contributed by atoms with Crippen molar-refractivity contribution in [2.75, 3.05) is 19.6 Å². The first-order valence-corrected chi connectivity index (χ1v) is 7.20. The molecule has 0 unspecified atom stereocenters. The molecule has 1 fully saturated rings. The molecule has 0 amide bonds. The second kappa shape index (κ2) is 5.62. The van der Waals surface area contributed by atoms with E-state index in [1.807, 2.05) is 0 Å². The van der Waals surface area contributed by atoms with Gasteiger partial charge in [0.2, 0.25) is 0 Å². The number of ether oxygens (including phenoxy) is 1. The summed E-state index contributed by atoms with van der Waals surface area (Å²) in [6.07, 6.45) is 2.91. The van der Waals surface area contributed by atoms with Gasteiger partial charge in [0.1, 0.15) is 11.9 Å². The fourth-order valence-corrected chi connectivity index (χ4v) is 2.88. The van der Waals surface area contributed by atoms with E-state index >= 15 is 0 Å². The van der Waals surface area contributed by atoms with Crippen molar-refractivity contribution in [1.82, 2.24) is 4.90 Å². The third kappa shape index (κ3) is 2.90. The lowest BCUT2D eigenvalue weighted by atomic mass is 10.1. The number of hydrogen-bond acceptors (Lipinski definition) is 2. The van der Waals surface area contributed by atoms with Gasteiger partial charge in [-0.15, -0.1) is 0 Å². The number of benzene rings is 2. The van der Waals surface area contributed by atoms with Crippen molar-refractivity contribution in [3.63, 3.8) is 0 Å². The van der Waals surface area contributed by atoms with E-state index in [9.17, 15) is 0 Å². The molecule has 1 heterocycles. The van der Waals surface area contributed by atoms with Gasteiger partial charge in [0.15, 0.2) is 0 Å². The summed E-state index contributed by atoms with van der Waals surface area (Å²) in [5.41, 5.74) is 0. The quantitative estimate of drug-likeness (QED) is 0.826. The Morgan fingerprint density at radius 2 is 1.79 bits per heavy atom. The first-order valence-electron chi connectivity index (χ1n) is 7.20. The molecule has 2 heteroatoms. The zero-order valence-electron chi connectivity index (χ0n) is 11.5. The Kier molecular flexibility index (Phi) is 3.69. The van der Waals surface area contributed by atoms with Crippen LogP contribution in [-0.2, 0) is 0 Å². The normalized spacial score (nSPS) is 17.7. The molecule has 0 aromatic heterocycles. The number of rotatable bonds is 4. The highest BCUT2D eigenvalue weighted by atomic mass is 16.5. The third-order valence-electron chi connectivity index (χ3n) is 3.79. The largest absolute Gasteiger partial charge is 0.489 e. The molecular formula is C17H21NO. The lowest BCUT2D eigenvalue weighted by Gasteiger charge is -2.22. The fraction of sp³-hybridized carbons (Fsp3) is 0.412. The van der Waals surface area contributed by atoms with Gasteiger partial charge >= 0.3 is 0 Å². The lowest BCUT2D eigenvalue weighted by Crippen LogP contribution is -2.31. The number of likely N-dealkylation sites (tertiary alicyclic amines) is 1. The molecule has 3 rings (SSSR count). The van der Waals surface area contributed by atoms with Crippen LogP contribution in [0.5, 0.6) is 5.75 Å². The molecule has 0 spiro atoms. The molecule has 2 nitrogen and oxygen atoms in total. The monoisotopic (exact) mass is 255 g/mol. The van der Waals surface area contributed by atoms with E-state index in [1.165, 1.54) is 36.7 Å². The van der Waals surface area contributed by atoms with Gasteiger partial charge in [-0.1, -0.05) is 36.4 Å². The van der Waals surface area contributed by atoms with Gasteiger partial charge in [-0.05, 0) is 44.3 Å². The van der Waals surface area contributed by atoms with Crippen molar-refractivity contribution < 1.29 is 4.74 Å². The van der Waals surface area contributed by atoms with Crippen LogP contribution in [0.15, 0.2) is 42.5 Å². The van der Waals surface area contributed by atoms with Crippen molar-refractivity contribution >= 4 is 10.8 Å². The molecule has 2 aromatic carbocycles. The molecule has 1 atom stereocenters. The summed E-state index contributed by atoms with van der Waals surface area (Å²) in [4.78, 5) is 2.50. The molecule has 0 saturated carbocycles. The van der Waals surface area contributed by atoms with E-state index in [0.29, 0.717) is 0 Å². The summed E-state index contributed by atoms with van der Waals surface area (Å²) in [7, 11) is 0. The summed E-state index contributed by atoms with van der Waals surface area (Å²) >= 11 is 0. The van der Waals surface area contributed by atoms with E-state index in [0.717, 1.165) is 12.3 Å².